The van der Waals surface area contributed by atoms with Crippen molar-refractivity contribution in [1.82, 2.24) is 14.7 Å². The smallest absolute Gasteiger partial charge is 0.411 e. The lowest BCUT2D eigenvalue weighted by Crippen LogP contribution is -2.52. The molecule has 0 N–H and O–H groups in total. The SMILES string of the molecule is CC(C)(C)OC(=O)N1CCC2(CCN(C(=O)CN(C(=O)OC(C)(C)C)[C@@H]3C[C@H]3c3ccccc3OCc3ccccc3)CC2)CC1. The molecule has 1 saturated carbocycles. The number of nitrogens with zero attached hydrogens (tertiary/aromatic N) is 3. The van der Waals surface area contributed by atoms with Crippen LogP contribution in [-0.2, 0) is 20.9 Å². The van der Waals surface area contributed by atoms with Gasteiger partial charge in [0.2, 0.25) is 5.91 Å². The summed E-state index contributed by atoms with van der Waals surface area (Å²) in [4.78, 5) is 45.1. The maximum Gasteiger partial charge on any atom is 0.411 e. The van der Waals surface area contributed by atoms with Gasteiger partial charge in [0.25, 0.3) is 0 Å². The molecule has 5 rings (SSSR count). The lowest BCUT2D eigenvalue weighted by Gasteiger charge is -2.47. The zero-order chi connectivity index (χ0) is 33.1. The maximum atomic E-state index is 13.7. The van der Waals surface area contributed by atoms with Gasteiger partial charge >= 0.3 is 12.2 Å². The van der Waals surface area contributed by atoms with Crippen molar-refractivity contribution in [1.29, 1.82) is 0 Å². The monoisotopic (exact) mass is 633 g/mol. The molecule has 2 atom stereocenters. The topological polar surface area (TPSA) is 88.6 Å². The molecule has 3 amide bonds. The molecule has 0 radical (unpaired) electrons. The highest BCUT2D eigenvalue weighted by atomic mass is 16.6. The van der Waals surface area contributed by atoms with Gasteiger partial charge in [-0.2, -0.15) is 0 Å². The summed E-state index contributed by atoms with van der Waals surface area (Å²) >= 11 is 0. The first-order chi connectivity index (χ1) is 21.7. The first kappa shape index (κ1) is 33.6. The summed E-state index contributed by atoms with van der Waals surface area (Å²) < 4.78 is 17.6. The first-order valence-corrected chi connectivity index (χ1v) is 16.7. The van der Waals surface area contributed by atoms with E-state index in [1.165, 1.54) is 0 Å². The van der Waals surface area contributed by atoms with Gasteiger partial charge in [-0.15, -0.1) is 0 Å². The number of likely N-dealkylation sites (tertiary alicyclic amines) is 2. The molecule has 0 aromatic heterocycles. The van der Waals surface area contributed by atoms with E-state index in [-0.39, 0.29) is 35.9 Å². The Morgan fingerprint density at radius 3 is 1.96 bits per heavy atom. The van der Waals surface area contributed by atoms with Crippen molar-refractivity contribution in [3.05, 3.63) is 65.7 Å². The fourth-order valence-corrected chi connectivity index (χ4v) is 6.62. The molecule has 2 saturated heterocycles. The molecule has 9 heteroatoms. The number of rotatable bonds is 7. The maximum absolute atomic E-state index is 13.7. The summed E-state index contributed by atoms with van der Waals surface area (Å²) in [5, 5.41) is 0. The van der Waals surface area contributed by atoms with Crippen molar-refractivity contribution >= 4 is 18.1 Å². The van der Waals surface area contributed by atoms with E-state index >= 15 is 0 Å². The van der Waals surface area contributed by atoms with E-state index in [1.54, 1.807) is 4.90 Å². The minimum Gasteiger partial charge on any atom is -0.489 e. The second-order valence-corrected chi connectivity index (χ2v) is 15.2. The highest BCUT2D eigenvalue weighted by molar-refractivity contribution is 5.83. The van der Waals surface area contributed by atoms with E-state index in [2.05, 4.69) is 6.07 Å². The largest absolute Gasteiger partial charge is 0.489 e. The molecule has 1 aliphatic carbocycles. The van der Waals surface area contributed by atoms with Crippen LogP contribution in [0.3, 0.4) is 0 Å². The van der Waals surface area contributed by atoms with Crippen molar-refractivity contribution < 1.29 is 28.6 Å². The predicted molar refractivity (Wildman–Crippen MR) is 177 cm³/mol. The summed E-state index contributed by atoms with van der Waals surface area (Å²) in [6.45, 7) is 14.3. The number of hydrogen-bond acceptors (Lipinski definition) is 6. The van der Waals surface area contributed by atoms with Gasteiger partial charge in [-0.25, -0.2) is 9.59 Å². The van der Waals surface area contributed by atoms with Gasteiger partial charge in [0.15, 0.2) is 0 Å². The van der Waals surface area contributed by atoms with Crippen LogP contribution >= 0.6 is 0 Å². The third-order valence-corrected chi connectivity index (χ3v) is 9.30. The van der Waals surface area contributed by atoms with E-state index in [0.29, 0.717) is 32.8 Å². The number of carbonyl (C=O) groups is 3. The third kappa shape index (κ3) is 8.74. The van der Waals surface area contributed by atoms with Gasteiger partial charge in [-0.3, -0.25) is 9.69 Å². The molecular formula is C37H51N3O6. The van der Waals surface area contributed by atoms with E-state index < -0.39 is 17.3 Å². The second kappa shape index (κ2) is 13.5. The molecule has 3 fully saturated rings. The van der Waals surface area contributed by atoms with E-state index in [9.17, 15) is 14.4 Å². The van der Waals surface area contributed by atoms with Gasteiger partial charge in [0, 0.05) is 38.1 Å². The summed E-state index contributed by atoms with van der Waals surface area (Å²) in [6.07, 6.45) is 3.65. The van der Waals surface area contributed by atoms with Crippen LogP contribution in [0.5, 0.6) is 5.75 Å². The number of amides is 3. The third-order valence-electron chi connectivity index (χ3n) is 9.30. The Morgan fingerprint density at radius 2 is 1.35 bits per heavy atom. The molecule has 3 aliphatic rings. The molecule has 0 bridgehead atoms. The Hall–Kier alpha value is -3.75. The molecule has 2 heterocycles. The lowest BCUT2D eigenvalue weighted by molar-refractivity contribution is -0.135. The number of para-hydroxylation sites is 1. The summed E-state index contributed by atoms with van der Waals surface area (Å²) in [5.74, 6) is 0.812. The van der Waals surface area contributed by atoms with Crippen molar-refractivity contribution in [2.24, 2.45) is 5.41 Å². The Labute approximate surface area is 274 Å². The minimum atomic E-state index is -0.675. The molecule has 1 spiro atoms. The van der Waals surface area contributed by atoms with Crippen molar-refractivity contribution in [3.8, 4) is 5.75 Å². The van der Waals surface area contributed by atoms with Crippen molar-refractivity contribution in [3.63, 3.8) is 0 Å². The first-order valence-electron chi connectivity index (χ1n) is 16.7. The molecule has 250 valence electrons. The Bertz CT molecular complexity index is 1360. The van der Waals surface area contributed by atoms with Crippen LogP contribution in [-0.4, -0.2) is 82.8 Å². The zero-order valence-electron chi connectivity index (χ0n) is 28.4. The van der Waals surface area contributed by atoms with Gasteiger partial charge < -0.3 is 24.0 Å². The average Bonchev–Trinajstić information content (AvgIpc) is 3.79. The van der Waals surface area contributed by atoms with E-state index in [4.69, 9.17) is 14.2 Å². The lowest BCUT2D eigenvalue weighted by atomic mass is 9.71. The van der Waals surface area contributed by atoms with Crippen LogP contribution in [0.1, 0.15) is 90.7 Å². The fourth-order valence-electron chi connectivity index (χ4n) is 6.62. The van der Waals surface area contributed by atoms with E-state index in [1.807, 2.05) is 99.9 Å². The van der Waals surface area contributed by atoms with Crippen molar-refractivity contribution in [2.45, 2.75) is 103 Å². The van der Waals surface area contributed by atoms with Crippen LogP contribution < -0.4 is 4.74 Å². The van der Waals surface area contributed by atoms with Crippen LogP contribution in [0, 0.1) is 5.41 Å². The average molecular weight is 634 g/mol. The molecule has 0 unspecified atom stereocenters. The summed E-state index contributed by atoms with van der Waals surface area (Å²) in [5.41, 5.74) is 1.08. The zero-order valence-corrected chi connectivity index (χ0v) is 28.4. The molecule has 2 aromatic rings. The van der Waals surface area contributed by atoms with Gasteiger partial charge in [-0.1, -0.05) is 48.5 Å². The highest BCUT2D eigenvalue weighted by Crippen LogP contribution is 2.48. The van der Waals surface area contributed by atoms with Crippen molar-refractivity contribution in [2.75, 3.05) is 32.7 Å². The van der Waals surface area contributed by atoms with Gasteiger partial charge in [0.1, 0.15) is 30.1 Å². The highest BCUT2D eigenvalue weighted by Gasteiger charge is 2.48. The molecule has 2 aromatic carbocycles. The molecule has 46 heavy (non-hydrogen) atoms. The van der Waals surface area contributed by atoms with Crippen LogP contribution in [0.25, 0.3) is 0 Å². The Kier molecular flexibility index (Phi) is 9.89. The molecular weight excluding hydrogens is 582 g/mol. The number of benzene rings is 2. The molecule has 9 nitrogen and oxygen atoms in total. The Morgan fingerprint density at radius 1 is 0.783 bits per heavy atom. The van der Waals surface area contributed by atoms with Crippen LogP contribution in [0.2, 0.25) is 0 Å². The normalized spacial score (nSPS) is 21.0. The van der Waals surface area contributed by atoms with Crippen LogP contribution in [0.4, 0.5) is 9.59 Å². The Balaban J connectivity index is 1.20. The minimum absolute atomic E-state index is 0.0114. The fraction of sp³-hybridized carbons (Fsp3) is 0.595. The standard InChI is InChI=1S/C37H51N3O6/c1-35(2,3)45-33(42)39-22-18-37(19-23-39)16-20-38(21-17-37)32(41)25-40(34(43)46-36(4,5)6)30-24-29(30)28-14-10-11-15-31(28)44-26-27-12-8-7-9-13-27/h7-15,29-30H,16-26H2,1-6H3/t29-,30+/m0/s1. The summed E-state index contributed by atoms with van der Waals surface area (Å²) in [6, 6.07) is 17.9. The number of carbonyl (C=O) groups excluding carboxylic acids is 3. The predicted octanol–water partition coefficient (Wildman–Crippen LogP) is 7.00. The van der Waals surface area contributed by atoms with E-state index in [0.717, 1.165) is 49.0 Å². The number of hydrogen-bond donors (Lipinski definition) is 0. The van der Waals surface area contributed by atoms with Crippen LogP contribution in [0.15, 0.2) is 54.6 Å². The molecule has 2 aliphatic heterocycles. The van der Waals surface area contributed by atoms with Gasteiger partial charge in [-0.05, 0) is 96.3 Å². The quantitative estimate of drug-likeness (QED) is 0.326. The summed E-state index contributed by atoms with van der Waals surface area (Å²) in [7, 11) is 0. The van der Waals surface area contributed by atoms with Gasteiger partial charge in [0.05, 0.1) is 0 Å². The second-order valence-electron chi connectivity index (χ2n) is 15.2. The number of ether oxygens (including phenoxy) is 3. The number of piperidine rings is 2.